The molecule has 0 unspecified atom stereocenters. The number of ether oxygens (including phenoxy) is 1. The van der Waals surface area contributed by atoms with Gasteiger partial charge >= 0.3 is 6.03 Å². The SMILES string of the molecule is C[C@H](CCCCOCC(F)(F)c1cccc(NC(N)=O)c1)NC[C@@H](O)c1ccc(O)c(CO)c1. The number of unbranched alkanes of at least 4 members (excludes halogenated alkanes) is 1. The van der Waals surface area contributed by atoms with Crippen LogP contribution in [0.5, 0.6) is 5.75 Å². The van der Waals surface area contributed by atoms with Crippen LogP contribution in [0.15, 0.2) is 42.5 Å². The second kappa shape index (κ2) is 13.2. The van der Waals surface area contributed by atoms with Crippen LogP contribution in [0.25, 0.3) is 0 Å². The van der Waals surface area contributed by atoms with Crippen molar-refractivity contribution >= 4 is 11.7 Å². The third-order valence-corrected chi connectivity index (χ3v) is 5.33. The second-order valence-corrected chi connectivity index (χ2v) is 8.19. The minimum Gasteiger partial charge on any atom is -0.508 e. The van der Waals surface area contributed by atoms with Crippen molar-refractivity contribution in [1.29, 1.82) is 0 Å². The fourth-order valence-corrected chi connectivity index (χ4v) is 3.38. The molecule has 0 aliphatic heterocycles. The number of carbonyl (C=O) groups is 1. The maximum Gasteiger partial charge on any atom is 0.316 e. The number of anilines is 1. The van der Waals surface area contributed by atoms with Crippen LogP contribution in [0, 0.1) is 0 Å². The average molecular weight is 482 g/mol. The van der Waals surface area contributed by atoms with Gasteiger partial charge < -0.3 is 36.4 Å². The van der Waals surface area contributed by atoms with Crippen LogP contribution in [-0.4, -0.2) is 47.2 Å². The lowest BCUT2D eigenvalue weighted by Crippen LogP contribution is -2.30. The van der Waals surface area contributed by atoms with E-state index in [0.29, 0.717) is 24.1 Å². The Balaban J connectivity index is 1.65. The molecule has 2 atom stereocenters. The zero-order chi connectivity index (χ0) is 25.1. The number of phenols is 1. The fourth-order valence-electron chi connectivity index (χ4n) is 3.38. The molecular weight excluding hydrogens is 448 g/mol. The molecule has 10 heteroatoms. The highest BCUT2D eigenvalue weighted by Gasteiger charge is 2.32. The number of carbonyl (C=O) groups excluding carboxylic acids is 1. The van der Waals surface area contributed by atoms with Crippen molar-refractivity contribution in [2.24, 2.45) is 5.73 Å². The zero-order valence-corrected chi connectivity index (χ0v) is 19.1. The molecule has 0 aliphatic carbocycles. The Morgan fingerprint density at radius 1 is 1.21 bits per heavy atom. The maximum atomic E-state index is 14.4. The van der Waals surface area contributed by atoms with Crippen molar-refractivity contribution in [3.63, 3.8) is 0 Å². The molecular formula is C24H33F2N3O5. The first kappa shape index (κ1) is 27.5. The first-order valence-corrected chi connectivity index (χ1v) is 11.1. The fraction of sp³-hybridized carbons (Fsp3) is 0.458. The Kier molecular flexibility index (Phi) is 10.6. The number of primary amides is 1. The lowest BCUT2D eigenvalue weighted by Gasteiger charge is -2.19. The minimum absolute atomic E-state index is 0.0200. The van der Waals surface area contributed by atoms with Crippen LogP contribution < -0.4 is 16.4 Å². The van der Waals surface area contributed by atoms with Gasteiger partial charge in [0, 0.05) is 36.0 Å². The first-order chi connectivity index (χ1) is 16.1. The lowest BCUT2D eigenvalue weighted by molar-refractivity contribution is -0.0831. The maximum absolute atomic E-state index is 14.4. The first-order valence-electron chi connectivity index (χ1n) is 11.1. The number of aromatic hydroxyl groups is 1. The van der Waals surface area contributed by atoms with Crippen molar-refractivity contribution in [2.45, 2.75) is 50.9 Å². The van der Waals surface area contributed by atoms with E-state index in [0.717, 1.165) is 12.8 Å². The number of aliphatic hydroxyl groups excluding tert-OH is 2. The molecule has 0 fully saturated rings. The normalized spacial score (nSPS) is 13.4. The molecule has 188 valence electrons. The van der Waals surface area contributed by atoms with Gasteiger partial charge in [-0.05, 0) is 56.0 Å². The molecule has 0 saturated heterocycles. The summed E-state index contributed by atoms with van der Waals surface area (Å²) in [6.45, 7) is 1.36. The van der Waals surface area contributed by atoms with Crippen molar-refractivity contribution in [1.82, 2.24) is 5.32 Å². The molecule has 0 aliphatic rings. The highest BCUT2D eigenvalue weighted by atomic mass is 19.3. The number of benzene rings is 2. The van der Waals surface area contributed by atoms with Crippen molar-refractivity contribution in [3.05, 3.63) is 59.2 Å². The van der Waals surface area contributed by atoms with E-state index >= 15 is 0 Å². The quantitative estimate of drug-likeness (QED) is 0.229. The largest absolute Gasteiger partial charge is 0.508 e. The van der Waals surface area contributed by atoms with Gasteiger partial charge in [0.15, 0.2) is 0 Å². The van der Waals surface area contributed by atoms with E-state index in [2.05, 4.69) is 10.6 Å². The predicted octanol–water partition coefficient (Wildman–Crippen LogP) is 3.37. The molecule has 0 heterocycles. The number of alkyl halides is 2. The summed E-state index contributed by atoms with van der Waals surface area (Å²) in [6.07, 6.45) is 1.33. The highest BCUT2D eigenvalue weighted by molar-refractivity contribution is 5.87. The number of nitrogens with one attached hydrogen (secondary N) is 2. The molecule has 8 nitrogen and oxygen atoms in total. The number of rotatable bonds is 14. The van der Waals surface area contributed by atoms with E-state index in [-0.39, 0.29) is 36.3 Å². The molecule has 0 aromatic heterocycles. The summed E-state index contributed by atoms with van der Waals surface area (Å²) in [5.41, 5.74) is 5.88. The molecule has 2 aromatic rings. The Hall–Kier alpha value is -2.79. The number of urea groups is 1. The van der Waals surface area contributed by atoms with Gasteiger partial charge in [-0.2, -0.15) is 8.78 Å². The van der Waals surface area contributed by atoms with Crippen LogP contribution >= 0.6 is 0 Å². The highest BCUT2D eigenvalue weighted by Crippen LogP contribution is 2.30. The van der Waals surface area contributed by atoms with E-state index in [9.17, 15) is 28.9 Å². The van der Waals surface area contributed by atoms with Crippen LogP contribution in [0.2, 0.25) is 0 Å². The van der Waals surface area contributed by atoms with E-state index < -0.39 is 24.7 Å². The molecule has 2 aromatic carbocycles. The van der Waals surface area contributed by atoms with Crippen molar-refractivity contribution < 1.29 is 33.6 Å². The second-order valence-electron chi connectivity index (χ2n) is 8.19. The van der Waals surface area contributed by atoms with Gasteiger partial charge in [-0.1, -0.05) is 18.2 Å². The van der Waals surface area contributed by atoms with E-state index in [1.807, 2.05) is 6.92 Å². The third kappa shape index (κ3) is 8.86. The molecule has 0 spiro atoms. The van der Waals surface area contributed by atoms with Gasteiger partial charge in [0.1, 0.15) is 12.4 Å². The number of amides is 2. The van der Waals surface area contributed by atoms with Crippen LogP contribution in [0.1, 0.15) is 49.0 Å². The molecule has 7 N–H and O–H groups in total. The van der Waals surface area contributed by atoms with Gasteiger partial charge in [-0.15, -0.1) is 0 Å². The van der Waals surface area contributed by atoms with Gasteiger partial charge in [-0.25, -0.2) is 4.79 Å². The smallest absolute Gasteiger partial charge is 0.316 e. The third-order valence-electron chi connectivity index (χ3n) is 5.33. The summed E-state index contributed by atoms with van der Waals surface area (Å²) in [5, 5.41) is 34.6. The summed E-state index contributed by atoms with van der Waals surface area (Å²) in [7, 11) is 0. The molecule has 0 bridgehead atoms. The summed E-state index contributed by atoms with van der Waals surface area (Å²) in [4.78, 5) is 10.9. The molecule has 0 saturated carbocycles. The zero-order valence-electron chi connectivity index (χ0n) is 19.1. The molecule has 0 radical (unpaired) electrons. The average Bonchev–Trinajstić information content (AvgIpc) is 2.79. The van der Waals surface area contributed by atoms with Gasteiger partial charge in [0.25, 0.3) is 5.92 Å². The lowest BCUT2D eigenvalue weighted by atomic mass is 10.0. The van der Waals surface area contributed by atoms with E-state index in [1.54, 1.807) is 12.1 Å². The number of hydrogen-bond donors (Lipinski definition) is 6. The molecule has 2 amide bonds. The van der Waals surface area contributed by atoms with Crippen molar-refractivity contribution in [2.75, 3.05) is 25.1 Å². The number of hydrogen-bond acceptors (Lipinski definition) is 6. The topological polar surface area (TPSA) is 137 Å². The summed E-state index contributed by atoms with van der Waals surface area (Å²) in [6, 6.07) is 9.17. The van der Waals surface area contributed by atoms with E-state index in [4.69, 9.17) is 10.5 Å². The van der Waals surface area contributed by atoms with Crippen LogP contribution in [0.3, 0.4) is 0 Å². The molecule has 2 rings (SSSR count). The van der Waals surface area contributed by atoms with Crippen LogP contribution in [0.4, 0.5) is 19.3 Å². The van der Waals surface area contributed by atoms with Gasteiger partial charge in [0.05, 0.1) is 12.7 Å². The molecule has 34 heavy (non-hydrogen) atoms. The summed E-state index contributed by atoms with van der Waals surface area (Å²) < 4.78 is 33.9. The predicted molar refractivity (Wildman–Crippen MR) is 125 cm³/mol. The van der Waals surface area contributed by atoms with Crippen LogP contribution in [-0.2, 0) is 17.3 Å². The number of nitrogens with two attached hydrogens (primary N) is 1. The van der Waals surface area contributed by atoms with Crippen molar-refractivity contribution in [3.8, 4) is 5.75 Å². The monoisotopic (exact) mass is 481 g/mol. The Morgan fingerprint density at radius 2 is 1.97 bits per heavy atom. The Labute approximate surface area is 197 Å². The standard InChI is InChI=1S/C24H33F2N3O5/c1-16(28-13-22(32)17-8-9-21(31)18(11-17)14-30)5-2-3-10-34-15-24(25,26)19-6-4-7-20(12-19)29-23(27)33/h4,6-9,11-12,16,22,28,30-32H,2-3,5,10,13-15H2,1H3,(H3,27,29,33)/t16-,22-/m1/s1. The summed E-state index contributed by atoms with van der Waals surface area (Å²) >= 11 is 0. The number of aliphatic hydroxyl groups is 2. The summed E-state index contributed by atoms with van der Waals surface area (Å²) in [5.74, 6) is -3.22. The minimum atomic E-state index is -3.20. The van der Waals surface area contributed by atoms with Gasteiger partial charge in [-0.3, -0.25) is 0 Å². The number of halogens is 2. The Bertz CT molecular complexity index is 929. The van der Waals surface area contributed by atoms with Gasteiger partial charge in [0.2, 0.25) is 0 Å². The Morgan fingerprint density at radius 3 is 2.68 bits per heavy atom. The van der Waals surface area contributed by atoms with E-state index in [1.165, 1.54) is 30.3 Å².